The van der Waals surface area contributed by atoms with Crippen LogP contribution in [-0.2, 0) is 9.63 Å². The summed E-state index contributed by atoms with van der Waals surface area (Å²) >= 11 is 0. The Labute approximate surface area is 216 Å². The summed E-state index contributed by atoms with van der Waals surface area (Å²) in [7, 11) is 1.51. The number of phenols is 1. The number of aromatic hydroxyl groups is 1. The van der Waals surface area contributed by atoms with Crippen molar-refractivity contribution in [2.75, 3.05) is 13.7 Å². The first kappa shape index (κ1) is 24.6. The molecule has 190 valence electrons. The molecule has 7 nitrogen and oxygen atoms in total. The molecule has 0 spiro atoms. The van der Waals surface area contributed by atoms with Crippen molar-refractivity contribution in [2.45, 2.75) is 37.8 Å². The lowest BCUT2D eigenvalue weighted by atomic mass is 9.94. The van der Waals surface area contributed by atoms with Gasteiger partial charge in [-0.15, -0.1) is 0 Å². The molecule has 2 N–H and O–H groups in total. The average molecular weight is 498 g/mol. The Kier molecular flexibility index (Phi) is 7.23. The molecular weight excluding hydrogens is 466 g/mol. The number of nitrogens with one attached hydrogen (secondary N) is 1. The summed E-state index contributed by atoms with van der Waals surface area (Å²) in [6, 6.07) is 23.7. The summed E-state index contributed by atoms with van der Waals surface area (Å²) in [5, 5.41) is 9.72. The minimum atomic E-state index is -0.670. The number of piperidine rings is 1. The third kappa shape index (κ3) is 5.22. The van der Waals surface area contributed by atoms with E-state index in [0.717, 1.165) is 36.0 Å². The first-order valence-electron chi connectivity index (χ1n) is 12.6. The highest BCUT2D eigenvalue weighted by atomic mass is 16.6. The van der Waals surface area contributed by atoms with E-state index in [1.165, 1.54) is 12.0 Å². The molecule has 2 unspecified atom stereocenters. The zero-order valence-corrected chi connectivity index (χ0v) is 20.8. The largest absolute Gasteiger partial charge is 0.508 e. The summed E-state index contributed by atoms with van der Waals surface area (Å²) in [6.45, 7) is 0.627. The summed E-state index contributed by atoms with van der Waals surface area (Å²) in [4.78, 5) is 36.1. The fourth-order valence-corrected chi connectivity index (χ4v) is 5.24. The molecule has 1 fully saturated rings. The van der Waals surface area contributed by atoms with E-state index in [1.807, 2.05) is 71.6 Å². The molecule has 2 heterocycles. The van der Waals surface area contributed by atoms with Gasteiger partial charge in [-0.25, -0.2) is 0 Å². The molecule has 2 amide bonds. The lowest BCUT2D eigenvalue weighted by molar-refractivity contribution is -0.139. The molecule has 2 aliphatic heterocycles. The monoisotopic (exact) mass is 497 g/mol. The van der Waals surface area contributed by atoms with Crippen LogP contribution in [0.4, 0.5) is 0 Å². The first-order valence-corrected chi connectivity index (χ1v) is 12.6. The zero-order valence-electron chi connectivity index (χ0n) is 20.8. The predicted octanol–water partition coefficient (Wildman–Crippen LogP) is 5.02. The SMILES string of the molecule is CONC1=CN(C(=O)c2ccc(-c3ccccc3)cc2)C(C(=O)N2CCCCC2c2ccc(O)cc2)C1. The van der Waals surface area contributed by atoms with E-state index in [2.05, 4.69) is 5.48 Å². The number of nitrogens with zero attached hydrogens (tertiary/aromatic N) is 2. The molecule has 2 aliphatic rings. The third-order valence-corrected chi connectivity index (χ3v) is 7.10. The van der Waals surface area contributed by atoms with Crippen LogP contribution < -0.4 is 5.48 Å². The Morgan fingerprint density at radius 1 is 0.919 bits per heavy atom. The van der Waals surface area contributed by atoms with Crippen molar-refractivity contribution in [3.8, 4) is 16.9 Å². The normalized spacial score (nSPS) is 19.4. The van der Waals surface area contributed by atoms with Crippen LogP contribution in [0, 0.1) is 0 Å². The number of hydrogen-bond acceptors (Lipinski definition) is 5. The highest BCUT2D eigenvalue weighted by Gasteiger charge is 2.40. The second-order valence-electron chi connectivity index (χ2n) is 9.47. The number of carbonyl (C=O) groups excluding carboxylic acids is 2. The van der Waals surface area contributed by atoms with E-state index < -0.39 is 6.04 Å². The number of rotatable bonds is 6. The second-order valence-corrected chi connectivity index (χ2v) is 9.47. The highest BCUT2D eigenvalue weighted by molar-refractivity contribution is 5.99. The van der Waals surface area contributed by atoms with Gasteiger partial charge in [-0.2, -0.15) is 0 Å². The average Bonchev–Trinajstić information content (AvgIpc) is 3.37. The van der Waals surface area contributed by atoms with Gasteiger partial charge in [0.1, 0.15) is 11.8 Å². The van der Waals surface area contributed by atoms with Gasteiger partial charge in [-0.3, -0.25) is 19.9 Å². The van der Waals surface area contributed by atoms with Crippen molar-refractivity contribution in [3.05, 3.63) is 102 Å². The van der Waals surface area contributed by atoms with Crippen LogP contribution in [0.1, 0.15) is 47.6 Å². The Morgan fingerprint density at radius 3 is 2.32 bits per heavy atom. The molecule has 0 aromatic heterocycles. The minimum absolute atomic E-state index is 0.0869. The topological polar surface area (TPSA) is 82.1 Å². The maximum atomic E-state index is 14.0. The summed E-state index contributed by atoms with van der Waals surface area (Å²) in [6.07, 6.45) is 4.80. The fourth-order valence-electron chi connectivity index (χ4n) is 5.24. The van der Waals surface area contributed by atoms with E-state index in [0.29, 0.717) is 24.2 Å². The van der Waals surface area contributed by atoms with Crippen molar-refractivity contribution >= 4 is 11.8 Å². The number of benzene rings is 3. The standard InChI is InChI=1S/C30H31N3O4/c1-37-31-25-19-28(30(36)32-18-6-5-9-27(32)23-14-16-26(34)17-15-23)33(20-25)29(35)24-12-10-22(11-13-24)21-7-3-2-4-8-21/h2-4,7-8,10-17,20,27-28,31,34H,5-6,9,18-19H2,1H3. The van der Waals surface area contributed by atoms with Crippen molar-refractivity contribution in [3.63, 3.8) is 0 Å². The van der Waals surface area contributed by atoms with Gasteiger partial charge in [0.05, 0.1) is 18.8 Å². The van der Waals surface area contributed by atoms with Gasteiger partial charge >= 0.3 is 0 Å². The smallest absolute Gasteiger partial charge is 0.258 e. The Balaban J connectivity index is 1.40. The van der Waals surface area contributed by atoms with E-state index in [1.54, 1.807) is 18.3 Å². The van der Waals surface area contributed by atoms with E-state index in [9.17, 15) is 14.7 Å². The molecule has 1 saturated heterocycles. The molecular formula is C30H31N3O4. The van der Waals surface area contributed by atoms with E-state index in [4.69, 9.17) is 4.84 Å². The molecule has 5 rings (SSSR count). The number of likely N-dealkylation sites (tertiary alicyclic amines) is 1. The first-order chi connectivity index (χ1) is 18.0. The molecule has 0 bridgehead atoms. The van der Waals surface area contributed by atoms with Crippen LogP contribution >= 0.6 is 0 Å². The fraction of sp³-hybridized carbons (Fsp3) is 0.267. The summed E-state index contributed by atoms with van der Waals surface area (Å²) in [5.74, 6) is -0.122. The highest BCUT2D eigenvalue weighted by Crippen LogP contribution is 2.35. The lowest BCUT2D eigenvalue weighted by Gasteiger charge is -2.39. The van der Waals surface area contributed by atoms with E-state index in [-0.39, 0.29) is 23.6 Å². The molecule has 0 aliphatic carbocycles. The number of hydroxylamine groups is 1. The minimum Gasteiger partial charge on any atom is -0.508 e. The van der Waals surface area contributed by atoms with Gasteiger partial charge in [-0.1, -0.05) is 54.6 Å². The van der Waals surface area contributed by atoms with Gasteiger partial charge in [0.15, 0.2) is 0 Å². The maximum absolute atomic E-state index is 14.0. The number of hydrogen-bond donors (Lipinski definition) is 2. The third-order valence-electron chi connectivity index (χ3n) is 7.10. The molecule has 0 radical (unpaired) electrons. The molecule has 3 aromatic carbocycles. The summed E-state index contributed by atoms with van der Waals surface area (Å²) < 4.78 is 0. The van der Waals surface area contributed by atoms with Crippen LogP contribution in [0.15, 0.2) is 90.8 Å². The van der Waals surface area contributed by atoms with Gasteiger partial charge in [0, 0.05) is 24.7 Å². The number of phenolic OH excluding ortho intramolecular Hbond substituents is 1. The van der Waals surface area contributed by atoms with Crippen LogP contribution in [0.2, 0.25) is 0 Å². The van der Waals surface area contributed by atoms with E-state index >= 15 is 0 Å². The number of carbonyl (C=O) groups is 2. The Bertz CT molecular complexity index is 1270. The van der Waals surface area contributed by atoms with Gasteiger partial charge < -0.3 is 14.9 Å². The molecule has 3 aromatic rings. The maximum Gasteiger partial charge on any atom is 0.258 e. The second kappa shape index (κ2) is 10.9. The van der Waals surface area contributed by atoms with Crippen molar-refractivity contribution in [1.29, 1.82) is 0 Å². The molecule has 7 heteroatoms. The summed E-state index contributed by atoms with van der Waals surface area (Å²) in [5.41, 5.74) is 7.09. The van der Waals surface area contributed by atoms with Gasteiger partial charge in [0.25, 0.3) is 5.91 Å². The van der Waals surface area contributed by atoms with Crippen LogP contribution in [-0.4, -0.2) is 46.4 Å². The van der Waals surface area contributed by atoms with Crippen molar-refractivity contribution in [2.24, 2.45) is 0 Å². The van der Waals surface area contributed by atoms with Crippen molar-refractivity contribution in [1.82, 2.24) is 15.3 Å². The molecule has 0 saturated carbocycles. The Hall–Kier alpha value is -4.10. The Morgan fingerprint density at radius 2 is 1.62 bits per heavy atom. The molecule has 37 heavy (non-hydrogen) atoms. The van der Waals surface area contributed by atoms with Crippen LogP contribution in [0.3, 0.4) is 0 Å². The number of amides is 2. The predicted molar refractivity (Wildman–Crippen MR) is 141 cm³/mol. The van der Waals surface area contributed by atoms with Crippen LogP contribution in [0.25, 0.3) is 11.1 Å². The lowest BCUT2D eigenvalue weighted by Crippen LogP contribution is -2.49. The van der Waals surface area contributed by atoms with Gasteiger partial charge in [0.2, 0.25) is 5.91 Å². The molecule has 2 atom stereocenters. The van der Waals surface area contributed by atoms with Crippen LogP contribution in [0.5, 0.6) is 5.75 Å². The van der Waals surface area contributed by atoms with Gasteiger partial charge in [-0.05, 0) is 60.2 Å². The quantitative estimate of drug-likeness (QED) is 0.468. The van der Waals surface area contributed by atoms with Crippen molar-refractivity contribution < 1.29 is 19.5 Å². The zero-order chi connectivity index (χ0) is 25.8.